The molecule has 0 spiro atoms. The summed E-state index contributed by atoms with van der Waals surface area (Å²) in [6.45, 7) is 2.24. The number of fused-ring (bicyclic) bond motifs is 1. The van der Waals surface area contributed by atoms with Gasteiger partial charge in [-0.15, -0.1) is 0 Å². The Bertz CT molecular complexity index is 1080. The number of benzene rings is 2. The zero-order chi connectivity index (χ0) is 20.5. The Morgan fingerprint density at radius 3 is 2.63 bits per heavy atom. The lowest BCUT2D eigenvalue weighted by Crippen LogP contribution is -2.44. The number of amides is 3. The van der Waals surface area contributed by atoms with E-state index in [1.165, 1.54) is 0 Å². The van der Waals surface area contributed by atoms with Gasteiger partial charge in [0.05, 0.1) is 12.6 Å². The molecule has 1 unspecified atom stereocenters. The first kappa shape index (κ1) is 18.3. The number of ether oxygens (including phenoxy) is 1. The Labute approximate surface area is 174 Å². The molecular formula is C23H22N4O3. The lowest BCUT2D eigenvalue weighted by Gasteiger charge is -2.37. The highest BCUT2D eigenvalue weighted by molar-refractivity contribution is 5.93. The van der Waals surface area contributed by atoms with Crippen LogP contribution in [0.25, 0.3) is 0 Å². The minimum absolute atomic E-state index is 0.160. The number of anilines is 2. The van der Waals surface area contributed by atoms with E-state index in [2.05, 4.69) is 22.1 Å². The van der Waals surface area contributed by atoms with Gasteiger partial charge in [0.15, 0.2) is 0 Å². The van der Waals surface area contributed by atoms with Crippen LogP contribution in [-0.2, 0) is 11.3 Å². The second kappa shape index (κ2) is 7.59. The summed E-state index contributed by atoms with van der Waals surface area (Å²) in [5.74, 6) is 0. The molecule has 1 saturated heterocycles. The molecule has 1 aromatic heterocycles. The molecule has 1 fully saturated rings. The molecular weight excluding hydrogens is 380 g/mol. The van der Waals surface area contributed by atoms with Crippen LogP contribution in [0.3, 0.4) is 0 Å². The number of hydrogen-bond donors (Lipinski definition) is 1. The number of nitrogens with one attached hydrogen (secondary N) is 1. The van der Waals surface area contributed by atoms with Crippen molar-refractivity contribution in [3.8, 4) is 0 Å². The van der Waals surface area contributed by atoms with Crippen LogP contribution in [0.4, 0.5) is 21.0 Å². The molecule has 7 nitrogen and oxygen atoms in total. The van der Waals surface area contributed by atoms with E-state index in [4.69, 9.17) is 4.74 Å². The van der Waals surface area contributed by atoms with E-state index in [1.54, 1.807) is 11.0 Å². The number of cyclic esters (lactones) is 1. The summed E-state index contributed by atoms with van der Waals surface area (Å²) in [5.41, 5.74) is 3.52. The van der Waals surface area contributed by atoms with Gasteiger partial charge < -0.3 is 19.5 Å². The molecule has 7 heteroatoms. The molecule has 2 aliphatic rings. The molecule has 1 atom stereocenters. The molecule has 1 N–H and O–H groups in total. The van der Waals surface area contributed by atoms with Gasteiger partial charge in [0.1, 0.15) is 6.61 Å². The zero-order valence-electron chi connectivity index (χ0n) is 16.4. The van der Waals surface area contributed by atoms with Crippen molar-refractivity contribution in [3.63, 3.8) is 0 Å². The van der Waals surface area contributed by atoms with Crippen LogP contribution in [0.1, 0.15) is 17.3 Å². The monoisotopic (exact) mass is 402 g/mol. The minimum atomic E-state index is -0.362. The van der Waals surface area contributed by atoms with Crippen LogP contribution >= 0.6 is 0 Å². The Balaban J connectivity index is 1.41. The first-order valence-corrected chi connectivity index (χ1v) is 10.0. The van der Waals surface area contributed by atoms with Gasteiger partial charge in [-0.25, -0.2) is 9.59 Å². The third kappa shape index (κ3) is 3.28. The summed E-state index contributed by atoms with van der Waals surface area (Å²) in [4.78, 5) is 28.6. The SMILES string of the molecule is O=C1OCCN1c1cccc(NC(=O)N2CCn3cccc3C2c2ccccc2)c1. The molecule has 2 aromatic carbocycles. The first-order valence-electron chi connectivity index (χ1n) is 10.0. The quantitative estimate of drug-likeness (QED) is 0.718. The van der Waals surface area contributed by atoms with Crippen molar-refractivity contribution in [3.05, 3.63) is 84.2 Å². The molecule has 152 valence electrons. The van der Waals surface area contributed by atoms with Crippen LogP contribution in [-0.4, -0.2) is 41.3 Å². The normalized spacial score (nSPS) is 18.1. The smallest absolute Gasteiger partial charge is 0.414 e. The predicted octanol–water partition coefficient (Wildman–Crippen LogP) is 4.08. The fourth-order valence-corrected chi connectivity index (χ4v) is 4.16. The molecule has 0 radical (unpaired) electrons. The van der Waals surface area contributed by atoms with Crippen molar-refractivity contribution in [2.75, 3.05) is 29.9 Å². The standard InChI is InChI=1S/C23H22N4O3/c28-22(24-18-8-4-9-19(16-18)26-14-15-30-23(26)29)27-13-12-25-11-5-10-20(25)21(27)17-6-2-1-3-7-17/h1-11,16,21H,12-15H2,(H,24,28). The van der Waals surface area contributed by atoms with Crippen LogP contribution in [0.2, 0.25) is 0 Å². The van der Waals surface area contributed by atoms with Gasteiger partial charge in [0.2, 0.25) is 0 Å². The first-order chi connectivity index (χ1) is 14.7. The Kier molecular flexibility index (Phi) is 4.63. The molecule has 30 heavy (non-hydrogen) atoms. The maximum Gasteiger partial charge on any atom is 0.414 e. The Morgan fingerprint density at radius 2 is 1.83 bits per heavy atom. The summed E-state index contributed by atoms with van der Waals surface area (Å²) < 4.78 is 7.21. The highest BCUT2D eigenvalue weighted by Gasteiger charge is 2.32. The number of hydrogen-bond acceptors (Lipinski definition) is 3. The van der Waals surface area contributed by atoms with E-state index in [0.717, 1.165) is 17.8 Å². The average Bonchev–Trinajstić information content (AvgIpc) is 3.42. The Hall–Kier alpha value is -3.74. The van der Waals surface area contributed by atoms with Crippen LogP contribution in [0, 0.1) is 0 Å². The predicted molar refractivity (Wildman–Crippen MR) is 114 cm³/mol. The molecule has 3 aromatic rings. The van der Waals surface area contributed by atoms with Crippen molar-refractivity contribution in [2.24, 2.45) is 0 Å². The number of carbonyl (C=O) groups is 2. The summed E-state index contributed by atoms with van der Waals surface area (Å²) in [7, 11) is 0. The van der Waals surface area contributed by atoms with Crippen molar-refractivity contribution in [2.45, 2.75) is 12.6 Å². The number of rotatable bonds is 3. The lowest BCUT2D eigenvalue weighted by atomic mass is 10.0. The average molecular weight is 402 g/mol. The molecule has 3 heterocycles. The van der Waals surface area contributed by atoms with Gasteiger partial charge in [-0.1, -0.05) is 36.4 Å². The van der Waals surface area contributed by atoms with E-state index < -0.39 is 0 Å². The minimum Gasteiger partial charge on any atom is -0.447 e. The highest BCUT2D eigenvalue weighted by Crippen LogP contribution is 2.33. The van der Waals surface area contributed by atoms with E-state index in [9.17, 15) is 9.59 Å². The summed E-state index contributed by atoms with van der Waals surface area (Å²) in [5, 5.41) is 3.01. The number of carbonyl (C=O) groups excluding carboxylic acids is 2. The molecule has 3 amide bonds. The maximum absolute atomic E-state index is 13.3. The Morgan fingerprint density at radius 1 is 0.967 bits per heavy atom. The largest absolute Gasteiger partial charge is 0.447 e. The summed E-state index contributed by atoms with van der Waals surface area (Å²) >= 11 is 0. The van der Waals surface area contributed by atoms with Crippen LogP contribution < -0.4 is 10.2 Å². The van der Waals surface area contributed by atoms with Gasteiger partial charge in [0.25, 0.3) is 0 Å². The van der Waals surface area contributed by atoms with Crippen molar-refractivity contribution in [1.29, 1.82) is 0 Å². The van der Waals surface area contributed by atoms with Gasteiger partial charge in [-0.2, -0.15) is 0 Å². The fourth-order valence-electron chi connectivity index (χ4n) is 4.16. The van der Waals surface area contributed by atoms with Crippen molar-refractivity contribution >= 4 is 23.5 Å². The van der Waals surface area contributed by atoms with E-state index in [0.29, 0.717) is 31.1 Å². The molecule has 0 saturated carbocycles. The highest BCUT2D eigenvalue weighted by atomic mass is 16.6. The van der Waals surface area contributed by atoms with Crippen molar-refractivity contribution < 1.29 is 14.3 Å². The number of urea groups is 1. The van der Waals surface area contributed by atoms with E-state index in [1.807, 2.05) is 59.5 Å². The third-order valence-corrected chi connectivity index (χ3v) is 5.58. The second-order valence-corrected chi connectivity index (χ2v) is 7.38. The zero-order valence-corrected chi connectivity index (χ0v) is 16.4. The number of aromatic nitrogens is 1. The molecule has 2 aliphatic heterocycles. The van der Waals surface area contributed by atoms with Gasteiger partial charge in [-0.3, -0.25) is 4.90 Å². The topological polar surface area (TPSA) is 66.8 Å². The van der Waals surface area contributed by atoms with Crippen LogP contribution in [0.15, 0.2) is 72.9 Å². The third-order valence-electron chi connectivity index (χ3n) is 5.58. The summed E-state index contributed by atoms with van der Waals surface area (Å²) in [6.07, 6.45) is 1.69. The van der Waals surface area contributed by atoms with E-state index in [-0.39, 0.29) is 18.2 Å². The molecule has 0 aliphatic carbocycles. The lowest BCUT2D eigenvalue weighted by molar-refractivity contribution is 0.180. The maximum atomic E-state index is 13.3. The van der Waals surface area contributed by atoms with Gasteiger partial charge in [-0.05, 0) is 35.9 Å². The van der Waals surface area contributed by atoms with Crippen LogP contribution in [0.5, 0.6) is 0 Å². The summed E-state index contributed by atoms with van der Waals surface area (Å²) in [6, 6.07) is 21.1. The van der Waals surface area contributed by atoms with Crippen molar-refractivity contribution in [1.82, 2.24) is 9.47 Å². The van der Waals surface area contributed by atoms with E-state index >= 15 is 0 Å². The van der Waals surface area contributed by atoms with Gasteiger partial charge in [0, 0.05) is 36.4 Å². The number of nitrogens with zero attached hydrogens (tertiary/aromatic N) is 3. The van der Waals surface area contributed by atoms with Gasteiger partial charge >= 0.3 is 12.1 Å². The molecule has 5 rings (SSSR count). The molecule has 0 bridgehead atoms. The fraction of sp³-hybridized carbons (Fsp3) is 0.217. The second-order valence-electron chi connectivity index (χ2n) is 7.38.